The maximum Gasteiger partial charge on any atom is 0.328 e. The molecule has 0 spiro atoms. The Balaban J connectivity index is 1.97. The summed E-state index contributed by atoms with van der Waals surface area (Å²) in [4.78, 5) is 12.8. The molecule has 0 saturated carbocycles. The van der Waals surface area contributed by atoms with Crippen LogP contribution >= 0.6 is 0 Å². The molecule has 0 aromatic carbocycles. The van der Waals surface area contributed by atoms with E-state index >= 15 is 0 Å². The van der Waals surface area contributed by atoms with Gasteiger partial charge in [0.25, 0.3) is 0 Å². The summed E-state index contributed by atoms with van der Waals surface area (Å²) in [7, 11) is 0. The molecule has 3 heterocycles. The molecule has 0 aliphatic carbocycles. The van der Waals surface area contributed by atoms with Crippen molar-refractivity contribution >= 4 is 17.4 Å². The zero-order valence-electron chi connectivity index (χ0n) is 9.30. The zero-order valence-corrected chi connectivity index (χ0v) is 9.30. The van der Waals surface area contributed by atoms with Gasteiger partial charge in [-0.3, -0.25) is 0 Å². The molecule has 2 aromatic rings. The smallest absolute Gasteiger partial charge is 0.328 e. The van der Waals surface area contributed by atoms with E-state index in [2.05, 4.69) is 20.6 Å². The average Bonchev–Trinajstić information content (AvgIpc) is 2.85. The van der Waals surface area contributed by atoms with Crippen LogP contribution in [-0.4, -0.2) is 62.1 Å². The number of carboxylic acids is 1. The molecule has 1 unspecified atom stereocenters. The van der Waals surface area contributed by atoms with Gasteiger partial charge in [0.15, 0.2) is 17.5 Å². The van der Waals surface area contributed by atoms with E-state index in [9.17, 15) is 4.79 Å². The van der Waals surface area contributed by atoms with Gasteiger partial charge < -0.3 is 14.7 Å². The second kappa shape index (κ2) is 4.18. The standard InChI is InChI=1S/C9H10N6O3/c16-9(17)6-5-18-4-3-14(6)8-2-1-7-10-12-13-15(7)11-8/h1-2,6H,3-5H2,(H,16,17). The largest absolute Gasteiger partial charge is 0.480 e. The third-order valence-corrected chi connectivity index (χ3v) is 2.76. The molecule has 0 amide bonds. The average molecular weight is 250 g/mol. The highest BCUT2D eigenvalue weighted by Gasteiger charge is 2.30. The minimum atomic E-state index is -0.937. The Bertz CT molecular complexity index is 584. The first-order chi connectivity index (χ1) is 8.75. The lowest BCUT2D eigenvalue weighted by Crippen LogP contribution is -2.50. The number of carboxylic acid groups (broad SMARTS) is 1. The van der Waals surface area contributed by atoms with Crippen molar-refractivity contribution in [1.82, 2.24) is 25.3 Å². The van der Waals surface area contributed by atoms with Crippen molar-refractivity contribution in [2.24, 2.45) is 0 Å². The molecule has 3 rings (SSSR count). The van der Waals surface area contributed by atoms with Crippen LogP contribution < -0.4 is 4.90 Å². The molecule has 1 saturated heterocycles. The SMILES string of the molecule is O=C(O)C1COCCN1c1ccc2nnnn2n1. The number of aromatic nitrogens is 5. The fraction of sp³-hybridized carbons (Fsp3) is 0.444. The first-order valence-electron chi connectivity index (χ1n) is 5.38. The lowest BCUT2D eigenvalue weighted by atomic mass is 10.2. The summed E-state index contributed by atoms with van der Waals surface area (Å²) in [6, 6.07) is 2.66. The molecule has 1 N–H and O–H groups in total. The lowest BCUT2D eigenvalue weighted by Gasteiger charge is -2.33. The fourth-order valence-electron chi connectivity index (χ4n) is 1.88. The molecular formula is C9H10N6O3. The third kappa shape index (κ3) is 1.74. The van der Waals surface area contributed by atoms with Crippen LogP contribution in [0.3, 0.4) is 0 Å². The van der Waals surface area contributed by atoms with Crippen molar-refractivity contribution in [1.29, 1.82) is 0 Å². The molecule has 2 aromatic heterocycles. The summed E-state index contributed by atoms with van der Waals surface area (Å²) in [5, 5.41) is 24.2. The van der Waals surface area contributed by atoms with Crippen LogP contribution in [0.5, 0.6) is 0 Å². The van der Waals surface area contributed by atoms with E-state index in [1.165, 1.54) is 4.63 Å². The first kappa shape index (κ1) is 10.8. The van der Waals surface area contributed by atoms with Gasteiger partial charge in [0.05, 0.1) is 13.2 Å². The second-order valence-corrected chi connectivity index (χ2v) is 3.84. The highest BCUT2D eigenvalue weighted by molar-refractivity contribution is 5.78. The van der Waals surface area contributed by atoms with Gasteiger partial charge in [-0.1, -0.05) is 0 Å². The number of ether oxygens (including phenoxy) is 1. The van der Waals surface area contributed by atoms with E-state index in [1.807, 2.05) is 0 Å². The van der Waals surface area contributed by atoms with Crippen molar-refractivity contribution in [2.75, 3.05) is 24.7 Å². The molecular weight excluding hydrogens is 240 g/mol. The van der Waals surface area contributed by atoms with Gasteiger partial charge in [-0.05, 0) is 22.6 Å². The normalized spacial score (nSPS) is 20.2. The van der Waals surface area contributed by atoms with Gasteiger partial charge >= 0.3 is 5.97 Å². The molecule has 9 heteroatoms. The minimum Gasteiger partial charge on any atom is -0.480 e. The van der Waals surface area contributed by atoms with Crippen molar-refractivity contribution in [2.45, 2.75) is 6.04 Å². The van der Waals surface area contributed by atoms with Crippen LogP contribution in [0.25, 0.3) is 5.65 Å². The van der Waals surface area contributed by atoms with E-state index < -0.39 is 12.0 Å². The lowest BCUT2D eigenvalue weighted by molar-refractivity contribution is -0.141. The Morgan fingerprint density at radius 1 is 1.50 bits per heavy atom. The quantitative estimate of drug-likeness (QED) is 0.709. The number of hydrogen-bond donors (Lipinski definition) is 1. The molecule has 9 nitrogen and oxygen atoms in total. The van der Waals surface area contributed by atoms with Crippen LogP contribution in [0.4, 0.5) is 5.82 Å². The predicted molar refractivity (Wildman–Crippen MR) is 58.2 cm³/mol. The highest BCUT2D eigenvalue weighted by Crippen LogP contribution is 2.17. The van der Waals surface area contributed by atoms with Crippen LogP contribution in [0.2, 0.25) is 0 Å². The fourth-order valence-corrected chi connectivity index (χ4v) is 1.88. The van der Waals surface area contributed by atoms with Crippen molar-refractivity contribution in [3.63, 3.8) is 0 Å². The van der Waals surface area contributed by atoms with Gasteiger partial charge in [0, 0.05) is 6.54 Å². The number of rotatable bonds is 2. The summed E-state index contributed by atoms with van der Waals surface area (Å²) < 4.78 is 6.44. The molecule has 0 radical (unpaired) electrons. The van der Waals surface area contributed by atoms with Crippen LogP contribution in [-0.2, 0) is 9.53 Å². The van der Waals surface area contributed by atoms with Gasteiger partial charge in [0.1, 0.15) is 0 Å². The monoisotopic (exact) mass is 250 g/mol. The summed E-state index contributed by atoms with van der Waals surface area (Å²) in [6.07, 6.45) is 0. The van der Waals surface area contributed by atoms with Gasteiger partial charge in [0.2, 0.25) is 0 Å². The third-order valence-electron chi connectivity index (χ3n) is 2.76. The first-order valence-corrected chi connectivity index (χ1v) is 5.38. The van der Waals surface area contributed by atoms with Gasteiger partial charge in [-0.15, -0.1) is 14.8 Å². The Kier molecular flexibility index (Phi) is 2.52. The number of nitrogens with zero attached hydrogens (tertiary/aromatic N) is 6. The van der Waals surface area contributed by atoms with E-state index in [0.29, 0.717) is 24.6 Å². The van der Waals surface area contributed by atoms with Crippen molar-refractivity contribution < 1.29 is 14.6 Å². The molecule has 1 atom stereocenters. The molecule has 94 valence electrons. The van der Waals surface area contributed by atoms with Gasteiger partial charge in [-0.2, -0.15) is 0 Å². The highest BCUT2D eigenvalue weighted by atomic mass is 16.5. The van der Waals surface area contributed by atoms with E-state index in [-0.39, 0.29) is 6.61 Å². The molecule has 0 bridgehead atoms. The molecule has 1 aliphatic heterocycles. The topological polar surface area (TPSA) is 106 Å². The predicted octanol–water partition coefficient (Wildman–Crippen LogP) is -1.19. The second-order valence-electron chi connectivity index (χ2n) is 3.84. The number of morpholine rings is 1. The summed E-state index contributed by atoms with van der Waals surface area (Å²) in [5.41, 5.74) is 0.513. The van der Waals surface area contributed by atoms with Crippen molar-refractivity contribution in [3.05, 3.63) is 12.1 Å². The number of hydrogen-bond acceptors (Lipinski definition) is 7. The number of anilines is 1. The maximum atomic E-state index is 11.2. The Labute approximate surface area is 101 Å². The maximum absolute atomic E-state index is 11.2. The van der Waals surface area contributed by atoms with Gasteiger partial charge in [-0.25, -0.2) is 4.79 Å². The number of carbonyl (C=O) groups is 1. The van der Waals surface area contributed by atoms with Crippen LogP contribution in [0.1, 0.15) is 0 Å². The van der Waals surface area contributed by atoms with Crippen LogP contribution in [0.15, 0.2) is 12.1 Å². The number of tetrazole rings is 1. The number of aliphatic carboxylic acids is 1. The van der Waals surface area contributed by atoms with Crippen LogP contribution in [0, 0.1) is 0 Å². The minimum absolute atomic E-state index is 0.144. The van der Waals surface area contributed by atoms with E-state index in [1.54, 1.807) is 17.0 Å². The van der Waals surface area contributed by atoms with Crippen molar-refractivity contribution in [3.8, 4) is 0 Å². The molecule has 1 aliphatic rings. The summed E-state index contributed by atoms with van der Waals surface area (Å²) in [5.74, 6) is -0.418. The number of fused-ring (bicyclic) bond motifs is 1. The summed E-state index contributed by atoms with van der Waals surface area (Å²) in [6.45, 7) is 1.08. The van der Waals surface area contributed by atoms with E-state index in [4.69, 9.17) is 9.84 Å². The molecule has 1 fully saturated rings. The summed E-state index contributed by atoms with van der Waals surface area (Å²) >= 11 is 0. The Morgan fingerprint density at radius 2 is 2.39 bits per heavy atom. The Morgan fingerprint density at radius 3 is 3.22 bits per heavy atom. The molecule has 18 heavy (non-hydrogen) atoms. The zero-order chi connectivity index (χ0) is 12.5. The Hall–Kier alpha value is -2.29. The van der Waals surface area contributed by atoms with E-state index in [0.717, 1.165) is 0 Å².